The third-order valence-electron chi connectivity index (χ3n) is 2.25. The van der Waals surface area contributed by atoms with Crippen molar-refractivity contribution in [3.63, 3.8) is 0 Å². The normalized spacial score (nSPS) is 14.2. The standard InChI is InChI=1S/C12H15F2NO2/c1-7(5-8(2)16)15-12(17)10-6-9(13)3-4-11(10)14/h3-4,6-8,16H,5H2,1-2H3,(H,15,17). The summed E-state index contributed by atoms with van der Waals surface area (Å²) in [5.74, 6) is -2.12. The molecule has 0 spiro atoms. The van der Waals surface area contributed by atoms with E-state index in [-0.39, 0.29) is 11.6 Å². The molecule has 0 saturated heterocycles. The Morgan fingerprint density at radius 3 is 2.65 bits per heavy atom. The minimum atomic E-state index is -0.770. The fourth-order valence-corrected chi connectivity index (χ4v) is 1.54. The molecule has 2 N–H and O–H groups in total. The molecule has 17 heavy (non-hydrogen) atoms. The van der Waals surface area contributed by atoms with E-state index in [2.05, 4.69) is 5.32 Å². The van der Waals surface area contributed by atoms with E-state index in [0.717, 1.165) is 18.2 Å². The van der Waals surface area contributed by atoms with Gasteiger partial charge in [0.2, 0.25) is 0 Å². The summed E-state index contributed by atoms with van der Waals surface area (Å²) in [5, 5.41) is 11.6. The fraction of sp³-hybridized carbons (Fsp3) is 0.417. The average Bonchev–Trinajstić information content (AvgIpc) is 2.20. The van der Waals surface area contributed by atoms with Crippen molar-refractivity contribution in [1.82, 2.24) is 5.32 Å². The van der Waals surface area contributed by atoms with Crippen molar-refractivity contribution in [2.75, 3.05) is 0 Å². The van der Waals surface area contributed by atoms with E-state index in [4.69, 9.17) is 5.11 Å². The number of aliphatic hydroxyl groups is 1. The van der Waals surface area contributed by atoms with Crippen LogP contribution in [-0.2, 0) is 0 Å². The molecule has 0 aliphatic rings. The SMILES string of the molecule is CC(O)CC(C)NC(=O)c1cc(F)ccc1F. The van der Waals surface area contributed by atoms with Crippen molar-refractivity contribution in [1.29, 1.82) is 0 Å². The Kier molecular flexibility index (Phi) is 4.57. The highest BCUT2D eigenvalue weighted by molar-refractivity contribution is 5.94. The number of aliphatic hydroxyl groups excluding tert-OH is 1. The molecule has 0 radical (unpaired) electrons. The number of nitrogens with one attached hydrogen (secondary N) is 1. The van der Waals surface area contributed by atoms with Gasteiger partial charge in [-0.25, -0.2) is 8.78 Å². The number of hydrogen-bond donors (Lipinski definition) is 2. The summed E-state index contributed by atoms with van der Waals surface area (Å²) in [6, 6.07) is 2.39. The zero-order chi connectivity index (χ0) is 13.0. The first kappa shape index (κ1) is 13.6. The second-order valence-electron chi connectivity index (χ2n) is 4.08. The van der Waals surface area contributed by atoms with Crippen LogP contribution in [0.25, 0.3) is 0 Å². The average molecular weight is 243 g/mol. The van der Waals surface area contributed by atoms with E-state index < -0.39 is 23.6 Å². The highest BCUT2D eigenvalue weighted by Gasteiger charge is 2.15. The van der Waals surface area contributed by atoms with Gasteiger partial charge in [0.15, 0.2) is 0 Å². The highest BCUT2D eigenvalue weighted by Crippen LogP contribution is 2.10. The van der Waals surface area contributed by atoms with Crippen LogP contribution in [0.1, 0.15) is 30.6 Å². The number of carbonyl (C=O) groups excluding carboxylic acids is 1. The predicted molar refractivity (Wildman–Crippen MR) is 59.6 cm³/mol. The summed E-state index contributed by atoms with van der Waals surface area (Å²) in [4.78, 5) is 11.6. The molecule has 1 aromatic rings. The Bertz CT molecular complexity index is 407. The Labute approximate surface area is 98.5 Å². The first-order valence-corrected chi connectivity index (χ1v) is 5.34. The molecule has 1 amide bonds. The Morgan fingerprint density at radius 1 is 1.41 bits per heavy atom. The molecule has 0 aromatic heterocycles. The van der Waals surface area contributed by atoms with Crippen LogP contribution in [-0.4, -0.2) is 23.2 Å². The lowest BCUT2D eigenvalue weighted by atomic mass is 10.1. The minimum absolute atomic E-state index is 0.315. The quantitative estimate of drug-likeness (QED) is 0.848. The molecule has 2 atom stereocenters. The Morgan fingerprint density at radius 2 is 2.06 bits per heavy atom. The van der Waals surface area contributed by atoms with Crippen LogP contribution in [0, 0.1) is 11.6 Å². The molecule has 0 saturated carbocycles. The second kappa shape index (κ2) is 5.72. The van der Waals surface area contributed by atoms with E-state index >= 15 is 0 Å². The van der Waals surface area contributed by atoms with Gasteiger partial charge in [-0.15, -0.1) is 0 Å². The van der Waals surface area contributed by atoms with Gasteiger partial charge in [-0.3, -0.25) is 4.79 Å². The van der Waals surface area contributed by atoms with Gasteiger partial charge in [-0.2, -0.15) is 0 Å². The van der Waals surface area contributed by atoms with Crippen molar-refractivity contribution in [3.8, 4) is 0 Å². The van der Waals surface area contributed by atoms with Crippen molar-refractivity contribution >= 4 is 5.91 Å². The predicted octanol–water partition coefficient (Wildman–Crippen LogP) is 1.85. The van der Waals surface area contributed by atoms with Crippen LogP contribution < -0.4 is 5.32 Å². The maximum absolute atomic E-state index is 13.3. The first-order valence-electron chi connectivity index (χ1n) is 5.34. The monoisotopic (exact) mass is 243 g/mol. The lowest BCUT2D eigenvalue weighted by molar-refractivity contribution is 0.0918. The number of rotatable bonds is 4. The molecule has 1 rings (SSSR count). The Balaban J connectivity index is 2.73. The van der Waals surface area contributed by atoms with E-state index in [1.165, 1.54) is 0 Å². The fourth-order valence-electron chi connectivity index (χ4n) is 1.54. The van der Waals surface area contributed by atoms with Crippen LogP contribution in [0.3, 0.4) is 0 Å². The van der Waals surface area contributed by atoms with Crippen molar-refractivity contribution in [2.24, 2.45) is 0 Å². The topological polar surface area (TPSA) is 49.3 Å². The molecule has 0 bridgehead atoms. The maximum atomic E-state index is 13.3. The molecule has 3 nitrogen and oxygen atoms in total. The van der Waals surface area contributed by atoms with E-state index in [0.29, 0.717) is 6.42 Å². The van der Waals surface area contributed by atoms with Crippen LogP contribution in [0.15, 0.2) is 18.2 Å². The molecule has 1 aromatic carbocycles. The minimum Gasteiger partial charge on any atom is -0.393 e. The summed E-state index contributed by atoms with van der Waals surface area (Å²) < 4.78 is 26.1. The van der Waals surface area contributed by atoms with Crippen LogP contribution >= 0.6 is 0 Å². The van der Waals surface area contributed by atoms with Crippen molar-refractivity contribution < 1.29 is 18.7 Å². The molecule has 2 unspecified atom stereocenters. The number of amides is 1. The van der Waals surface area contributed by atoms with Crippen molar-refractivity contribution in [3.05, 3.63) is 35.4 Å². The molecule has 0 fully saturated rings. The molecular formula is C12H15F2NO2. The molecule has 0 aliphatic heterocycles. The van der Waals surface area contributed by atoms with E-state index in [9.17, 15) is 13.6 Å². The number of carbonyl (C=O) groups is 1. The smallest absolute Gasteiger partial charge is 0.254 e. The summed E-state index contributed by atoms with van der Waals surface area (Å²) in [6.45, 7) is 3.27. The van der Waals surface area contributed by atoms with Gasteiger partial charge in [-0.05, 0) is 38.5 Å². The molecular weight excluding hydrogens is 228 g/mol. The largest absolute Gasteiger partial charge is 0.393 e. The maximum Gasteiger partial charge on any atom is 0.254 e. The number of benzene rings is 1. The highest BCUT2D eigenvalue weighted by atomic mass is 19.1. The number of hydrogen-bond acceptors (Lipinski definition) is 2. The van der Waals surface area contributed by atoms with E-state index in [1.54, 1.807) is 13.8 Å². The first-order chi connectivity index (χ1) is 7.90. The summed E-state index contributed by atoms with van der Waals surface area (Å²) in [6.07, 6.45) is -0.217. The molecule has 0 heterocycles. The zero-order valence-corrected chi connectivity index (χ0v) is 9.71. The number of halogens is 2. The van der Waals surface area contributed by atoms with Gasteiger partial charge in [0.05, 0.1) is 11.7 Å². The lowest BCUT2D eigenvalue weighted by Gasteiger charge is -2.15. The Hall–Kier alpha value is -1.49. The van der Waals surface area contributed by atoms with Gasteiger partial charge >= 0.3 is 0 Å². The van der Waals surface area contributed by atoms with Gasteiger partial charge in [0, 0.05) is 6.04 Å². The molecule has 94 valence electrons. The summed E-state index contributed by atoms with van der Waals surface area (Å²) in [5.41, 5.74) is -0.331. The second-order valence-corrected chi connectivity index (χ2v) is 4.08. The summed E-state index contributed by atoms with van der Waals surface area (Å²) >= 11 is 0. The molecule has 0 aliphatic carbocycles. The van der Waals surface area contributed by atoms with Gasteiger partial charge in [0.25, 0.3) is 5.91 Å². The zero-order valence-electron chi connectivity index (χ0n) is 9.71. The van der Waals surface area contributed by atoms with E-state index in [1.807, 2.05) is 0 Å². The van der Waals surface area contributed by atoms with Crippen LogP contribution in [0.4, 0.5) is 8.78 Å². The summed E-state index contributed by atoms with van der Waals surface area (Å²) in [7, 11) is 0. The van der Waals surface area contributed by atoms with Crippen molar-refractivity contribution in [2.45, 2.75) is 32.4 Å². The third kappa shape index (κ3) is 4.11. The third-order valence-corrected chi connectivity index (χ3v) is 2.25. The van der Waals surface area contributed by atoms with Crippen LogP contribution in [0.5, 0.6) is 0 Å². The van der Waals surface area contributed by atoms with Crippen LogP contribution in [0.2, 0.25) is 0 Å². The van der Waals surface area contributed by atoms with Gasteiger partial charge in [0.1, 0.15) is 11.6 Å². The molecule has 5 heteroatoms. The lowest BCUT2D eigenvalue weighted by Crippen LogP contribution is -2.35. The van der Waals surface area contributed by atoms with Gasteiger partial charge in [-0.1, -0.05) is 0 Å². The van der Waals surface area contributed by atoms with Gasteiger partial charge < -0.3 is 10.4 Å².